The first-order valence-corrected chi connectivity index (χ1v) is 8.41. The molecule has 0 bridgehead atoms. The van der Waals surface area contributed by atoms with Crippen molar-refractivity contribution in [3.05, 3.63) is 64.7 Å². The smallest absolute Gasteiger partial charge is 0.257 e. The molecule has 1 aliphatic rings. The van der Waals surface area contributed by atoms with Gasteiger partial charge in [-0.15, -0.1) is 0 Å². The Hall–Kier alpha value is -2.82. The van der Waals surface area contributed by atoms with E-state index in [-0.39, 0.29) is 17.6 Å². The number of rotatable bonds is 2. The van der Waals surface area contributed by atoms with Gasteiger partial charge in [-0.3, -0.25) is 9.59 Å². The second-order valence-electron chi connectivity index (χ2n) is 6.40. The number of amides is 2. The standard InChI is InChI=1S/C20H22N2O3/c1-14-7-8-16(13-15(14)2)19(24)21-9-11-22(12-10-21)20(25)17-5-3-4-6-18(17)23/h3-8,13,23H,9-12H2,1-2H3. The molecule has 1 saturated heterocycles. The zero-order chi connectivity index (χ0) is 18.0. The van der Waals surface area contributed by atoms with Gasteiger partial charge < -0.3 is 14.9 Å². The van der Waals surface area contributed by atoms with Crippen molar-refractivity contribution < 1.29 is 14.7 Å². The van der Waals surface area contributed by atoms with Crippen LogP contribution >= 0.6 is 0 Å². The predicted octanol–water partition coefficient (Wildman–Crippen LogP) is 2.61. The highest BCUT2D eigenvalue weighted by atomic mass is 16.3. The van der Waals surface area contributed by atoms with Crippen LogP contribution in [0.1, 0.15) is 31.8 Å². The van der Waals surface area contributed by atoms with E-state index >= 15 is 0 Å². The summed E-state index contributed by atoms with van der Waals surface area (Å²) in [6.07, 6.45) is 0. The lowest BCUT2D eigenvalue weighted by Crippen LogP contribution is -2.50. The number of hydrogen-bond acceptors (Lipinski definition) is 3. The monoisotopic (exact) mass is 338 g/mol. The van der Waals surface area contributed by atoms with Crippen LogP contribution in [0.5, 0.6) is 5.75 Å². The van der Waals surface area contributed by atoms with Crippen molar-refractivity contribution in [2.45, 2.75) is 13.8 Å². The van der Waals surface area contributed by atoms with Crippen molar-refractivity contribution in [2.75, 3.05) is 26.2 Å². The van der Waals surface area contributed by atoms with Gasteiger partial charge in [-0.25, -0.2) is 0 Å². The normalized spacial score (nSPS) is 14.5. The lowest BCUT2D eigenvalue weighted by molar-refractivity contribution is 0.0533. The molecule has 0 unspecified atom stereocenters. The largest absolute Gasteiger partial charge is 0.507 e. The number of aromatic hydroxyl groups is 1. The Bertz CT molecular complexity index is 808. The van der Waals surface area contributed by atoms with Gasteiger partial charge in [0.25, 0.3) is 11.8 Å². The molecule has 5 heteroatoms. The van der Waals surface area contributed by atoms with E-state index in [4.69, 9.17) is 0 Å². The summed E-state index contributed by atoms with van der Waals surface area (Å²) < 4.78 is 0. The number of hydrogen-bond donors (Lipinski definition) is 1. The molecule has 0 atom stereocenters. The number of benzene rings is 2. The molecule has 25 heavy (non-hydrogen) atoms. The Balaban J connectivity index is 1.65. The van der Waals surface area contributed by atoms with Crippen LogP contribution in [0.15, 0.2) is 42.5 Å². The second-order valence-corrected chi connectivity index (χ2v) is 6.40. The molecule has 3 rings (SSSR count). The summed E-state index contributed by atoms with van der Waals surface area (Å²) in [4.78, 5) is 28.6. The average molecular weight is 338 g/mol. The van der Waals surface area contributed by atoms with Gasteiger partial charge >= 0.3 is 0 Å². The van der Waals surface area contributed by atoms with Crippen LogP contribution in [0.25, 0.3) is 0 Å². The number of carbonyl (C=O) groups excluding carboxylic acids is 2. The van der Waals surface area contributed by atoms with E-state index in [1.165, 1.54) is 6.07 Å². The van der Waals surface area contributed by atoms with Gasteiger partial charge in [0.15, 0.2) is 0 Å². The molecule has 5 nitrogen and oxygen atoms in total. The summed E-state index contributed by atoms with van der Waals surface area (Å²) >= 11 is 0. The quantitative estimate of drug-likeness (QED) is 0.916. The molecule has 0 spiro atoms. The molecule has 0 radical (unpaired) electrons. The Morgan fingerprint density at radius 3 is 2.04 bits per heavy atom. The van der Waals surface area contributed by atoms with Gasteiger partial charge in [0.2, 0.25) is 0 Å². The summed E-state index contributed by atoms with van der Waals surface area (Å²) in [5, 5.41) is 9.84. The Kier molecular flexibility index (Phi) is 4.74. The molecule has 0 saturated carbocycles. The van der Waals surface area contributed by atoms with Crippen LogP contribution < -0.4 is 0 Å². The third-order valence-electron chi connectivity index (χ3n) is 4.74. The third-order valence-corrected chi connectivity index (χ3v) is 4.74. The third kappa shape index (κ3) is 3.50. The molecular weight excluding hydrogens is 316 g/mol. The van der Waals surface area contributed by atoms with Crippen molar-refractivity contribution in [1.29, 1.82) is 0 Å². The Labute approximate surface area is 147 Å². The molecule has 2 aromatic rings. The zero-order valence-electron chi connectivity index (χ0n) is 14.5. The molecule has 2 amide bonds. The number of para-hydroxylation sites is 1. The van der Waals surface area contributed by atoms with E-state index in [2.05, 4.69) is 0 Å². The molecule has 2 aromatic carbocycles. The summed E-state index contributed by atoms with van der Waals surface area (Å²) in [6.45, 7) is 5.92. The van der Waals surface area contributed by atoms with Crippen molar-refractivity contribution in [3.8, 4) is 5.75 Å². The van der Waals surface area contributed by atoms with Gasteiger partial charge in [0, 0.05) is 31.7 Å². The van der Waals surface area contributed by atoms with Gasteiger partial charge in [-0.05, 0) is 49.2 Å². The van der Waals surface area contributed by atoms with Gasteiger partial charge in [0.05, 0.1) is 5.56 Å². The molecule has 1 fully saturated rings. The Morgan fingerprint density at radius 2 is 1.44 bits per heavy atom. The highest BCUT2D eigenvalue weighted by Crippen LogP contribution is 2.19. The fraction of sp³-hybridized carbons (Fsp3) is 0.300. The first-order chi connectivity index (χ1) is 12.0. The SMILES string of the molecule is Cc1ccc(C(=O)N2CCN(C(=O)c3ccccc3O)CC2)cc1C. The average Bonchev–Trinajstić information content (AvgIpc) is 2.63. The number of piperazine rings is 1. The highest BCUT2D eigenvalue weighted by molar-refractivity contribution is 5.97. The van der Waals surface area contributed by atoms with E-state index in [0.717, 1.165) is 11.1 Å². The van der Waals surface area contributed by atoms with E-state index in [9.17, 15) is 14.7 Å². The summed E-state index contributed by atoms with van der Waals surface area (Å²) in [7, 11) is 0. The summed E-state index contributed by atoms with van der Waals surface area (Å²) in [5.74, 6) is -0.213. The minimum Gasteiger partial charge on any atom is -0.507 e. The van der Waals surface area contributed by atoms with E-state index in [1.807, 2.05) is 32.0 Å². The van der Waals surface area contributed by atoms with Crippen LogP contribution in [0.3, 0.4) is 0 Å². The minimum atomic E-state index is -0.198. The van der Waals surface area contributed by atoms with Crippen LogP contribution in [0.4, 0.5) is 0 Å². The summed E-state index contributed by atoms with van der Waals surface area (Å²) in [5.41, 5.74) is 3.24. The number of nitrogens with zero attached hydrogens (tertiary/aromatic N) is 2. The highest BCUT2D eigenvalue weighted by Gasteiger charge is 2.26. The number of carbonyl (C=O) groups is 2. The maximum atomic E-state index is 12.6. The number of phenolic OH excluding ortho intramolecular Hbond substituents is 1. The zero-order valence-corrected chi connectivity index (χ0v) is 14.5. The molecule has 1 N–H and O–H groups in total. The second kappa shape index (κ2) is 6.97. The van der Waals surface area contributed by atoms with E-state index < -0.39 is 0 Å². The molecule has 1 heterocycles. The van der Waals surface area contributed by atoms with E-state index in [0.29, 0.717) is 37.3 Å². The Morgan fingerprint density at radius 1 is 0.840 bits per heavy atom. The maximum absolute atomic E-state index is 12.6. The summed E-state index contributed by atoms with van der Waals surface area (Å²) in [6, 6.07) is 12.3. The lowest BCUT2D eigenvalue weighted by atomic mass is 10.1. The predicted molar refractivity (Wildman–Crippen MR) is 95.8 cm³/mol. The van der Waals surface area contributed by atoms with Gasteiger partial charge in [-0.2, -0.15) is 0 Å². The molecule has 130 valence electrons. The van der Waals surface area contributed by atoms with Crippen LogP contribution in [0.2, 0.25) is 0 Å². The number of phenols is 1. The van der Waals surface area contributed by atoms with E-state index in [1.54, 1.807) is 28.0 Å². The fourth-order valence-electron chi connectivity index (χ4n) is 2.99. The van der Waals surface area contributed by atoms with Crippen molar-refractivity contribution >= 4 is 11.8 Å². The first kappa shape index (κ1) is 17.0. The molecular formula is C20H22N2O3. The molecule has 0 aromatic heterocycles. The minimum absolute atomic E-state index is 0.00208. The fourth-order valence-corrected chi connectivity index (χ4v) is 2.99. The van der Waals surface area contributed by atoms with Crippen molar-refractivity contribution in [1.82, 2.24) is 9.80 Å². The van der Waals surface area contributed by atoms with Crippen molar-refractivity contribution in [3.63, 3.8) is 0 Å². The maximum Gasteiger partial charge on any atom is 0.257 e. The van der Waals surface area contributed by atoms with Gasteiger partial charge in [0.1, 0.15) is 5.75 Å². The molecule has 0 aliphatic carbocycles. The first-order valence-electron chi connectivity index (χ1n) is 8.41. The van der Waals surface area contributed by atoms with Crippen LogP contribution in [-0.2, 0) is 0 Å². The number of aryl methyl sites for hydroxylation is 2. The van der Waals surface area contributed by atoms with Gasteiger partial charge in [-0.1, -0.05) is 18.2 Å². The van der Waals surface area contributed by atoms with Crippen LogP contribution in [-0.4, -0.2) is 52.9 Å². The topological polar surface area (TPSA) is 60.9 Å². The van der Waals surface area contributed by atoms with Crippen molar-refractivity contribution in [2.24, 2.45) is 0 Å². The molecule has 1 aliphatic heterocycles. The lowest BCUT2D eigenvalue weighted by Gasteiger charge is -2.35. The van der Waals surface area contributed by atoms with Crippen LogP contribution in [0, 0.1) is 13.8 Å².